The van der Waals surface area contributed by atoms with Gasteiger partial charge in [-0.05, 0) is 31.5 Å². The fourth-order valence-corrected chi connectivity index (χ4v) is 2.20. The van der Waals surface area contributed by atoms with Gasteiger partial charge in [0.05, 0.1) is 11.4 Å². The van der Waals surface area contributed by atoms with Crippen molar-refractivity contribution in [3.63, 3.8) is 0 Å². The Kier molecular flexibility index (Phi) is 5.67. The van der Waals surface area contributed by atoms with Gasteiger partial charge in [-0.15, -0.1) is 0 Å². The predicted molar refractivity (Wildman–Crippen MR) is 77.5 cm³/mol. The summed E-state index contributed by atoms with van der Waals surface area (Å²) in [6.07, 6.45) is 0. The van der Waals surface area contributed by atoms with Crippen LogP contribution in [0.2, 0.25) is 0 Å². The first kappa shape index (κ1) is 16.6. The third-order valence-electron chi connectivity index (χ3n) is 3.15. The molecule has 0 radical (unpaired) electrons. The second kappa shape index (κ2) is 6.83. The summed E-state index contributed by atoms with van der Waals surface area (Å²) in [5.41, 5.74) is 0.767. The minimum atomic E-state index is -3.71. The van der Waals surface area contributed by atoms with E-state index in [1.807, 2.05) is 13.8 Å². The minimum absolute atomic E-state index is 0.0121. The monoisotopic (exact) mass is 299 g/mol. The van der Waals surface area contributed by atoms with Crippen LogP contribution in [0.5, 0.6) is 0 Å². The van der Waals surface area contributed by atoms with Gasteiger partial charge in [0.15, 0.2) is 0 Å². The summed E-state index contributed by atoms with van der Waals surface area (Å²) in [5.74, 6) is -0.0121. The van der Waals surface area contributed by atoms with Gasteiger partial charge in [-0.1, -0.05) is 12.1 Å². The number of benzene rings is 1. The molecular formula is C13H21N3O3S. The molecule has 0 aliphatic heterocycles. The van der Waals surface area contributed by atoms with Gasteiger partial charge in [0, 0.05) is 19.6 Å². The third kappa shape index (κ3) is 4.59. The van der Waals surface area contributed by atoms with Crippen LogP contribution in [0.3, 0.4) is 0 Å². The van der Waals surface area contributed by atoms with E-state index in [-0.39, 0.29) is 23.4 Å². The molecule has 112 valence electrons. The first-order valence-electron chi connectivity index (χ1n) is 6.35. The summed E-state index contributed by atoms with van der Waals surface area (Å²) in [6, 6.07) is 6.24. The van der Waals surface area contributed by atoms with Crippen molar-refractivity contribution in [3.8, 4) is 0 Å². The van der Waals surface area contributed by atoms with Gasteiger partial charge in [-0.3, -0.25) is 4.79 Å². The zero-order chi connectivity index (χ0) is 15.3. The van der Waals surface area contributed by atoms with Gasteiger partial charge in [-0.25, -0.2) is 13.6 Å². The molecule has 0 fully saturated rings. The quantitative estimate of drug-likeness (QED) is 0.798. The molecule has 7 heteroatoms. The highest BCUT2D eigenvalue weighted by molar-refractivity contribution is 7.89. The van der Waals surface area contributed by atoms with Gasteiger partial charge in [0.1, 0.15) is 0 Å². The molecule has 1 aromatic rings. The zero-order valence-corrected chi connectivity index (χ0v) is 12.8. The largest absolute Gasteiger partial charge is 0.345 e. The van der Waals surface area contributed by atoms with Crippen LogP contribution in [0.4, 0.5) is 0 Å². The van der Waals surface area contributed by atoms with Crippen LogP contribution in [0, 0.1) is 0 Å². The van der Waals surface area contributed by atoms with Crippen LogP contribution in [0.1, 0.15) is 25.5 Å². The minimum Gasteiger partial charge on any atom is -0.345 e. The molecule has 0 heterocycles. The van der Waals surface area contributed by atoms with Gasteiger partial charge in [0.2, 0.25) is 15.9 Å². The second-order valence-corrected chi connectivity index (χ2v) is 6.19. The molecule has 0 aromatic heterocycles. The molecule has 1 unspecified atom stereocenters. The Morgan fingerprint density at radius 1 is 1.45 bits per heavy atom. The van der Waals surface area contributed by atoms with Crippen molar-refractivity contribution in [3.05, 3.63) is 29.8 Å². The number of nitrogens with one attached hydrogen (secondary N) is 1. The van der Waals surface area contributed by atoms with Crippen LogP contribution >= 0.6 is 0 Å². The van der Waals surface area contributed by atoms with E-state index in [1.54, 1.807) is 24.1 Å². The Labute approximate surface area is 120 Å². The first-order valence-corrected chi connectivity index (χ1v) is 7.90. The fourth-order valence-electron chi connectivity index (χ4n) is 1.63. The lowest BCUT2D eigenvalue weighted by Gasteiger charge is -2.18. The summed E-state index contributed by atoms with van der Waals surface area (Å²) in [6.45, 7) is 4.61. The van der Waals surface area contributed by atoms with E-state index in [1.165, 1.54) is 12.1 Å². The average Bonchev–Trinajstić information content (AvgIpc) is 2.42. The summed E-state index contributed by atoms with van der Waals surface area (Å²) in [4.78, 5) is 13.4. The number of carbonyl (C=O) groups is 1. The summed E-state index contributed by atoms with van der Waals surface area (Å²) in [5, 5.41) is 8.16. The van der Waals surface area contributed by atoms with E-state index < -0.39 is 10.0 Å². The predicted octanol–water partition coefficient (Wildman–Crippen LogP) is 0.463. The van der Waals surface area contributed by atoms with Gasteiger partial charge in [-0.2, -0.15) is 0 Å². The molecule has 20 heavy (non-hydrogen) atoms. The number of primary sulfonamides is 1. The zero-order valence-electron chi connectivity index (χ0n) is 12.0. The van der Waals surface area contributed by atoms with Crippen LogP contribution in [-0.4, -0.2) is 39.4 Å². The summed E-state index contributed by atoms with van der Waals surface area (Å²) < 4.78 is 22.6. The Morgan fingerprint density at radius 3 is 2.65 bits per heavy atom. The third-order valence-corrected chi connectivity index (χ3v) is 4.06. The van der Waals surface area contributed by atoms with E-state index in [2.05, 4.69) is 5.32 Å². The molecule has 1 aromatic carbocycles. The normalized spacial score (nSPS) is 13.0. The molecule has 0 aliphatic rings. The highest BCUT2D eigenvalue weighted by Gasteiger charge is 2.13. The summed E-state index contributed by atoms with van der Waals surface area (Å²) in [7, 11) is -1.98. The molecule has 0 saturated heterocycles. The number of likely N-dealkylation sites (N-methyl/N-ethyl adjacent to an activating group) is 1. The van der Waals surface area contributed by atoms with Crippen LogP contribution < -0.4 is 10.5 Å². The van der Waals surface area contributed by atoms with E-state index in [0.717, 1.165) is 5.56 Å². The highest BCUT2D eigenvalue weighted by Crippen LogP contribution is 2.16. The summed E-state index contributed by atoms with van der Waals surface area (Å²) >= 11 is 0. The molecule has 3 N–H and O–H groups in total. The Hall–Kier alpha value is -1.44. The van der Waals surface area contributed by atoms with Gasteiger partial charge < -0.3 is 10.2 Å². The first-order chi connectivity index (χ1) is 9.25. The van der Waals surface area contributed by atoms with E-state index in [9.17, 15) is 13.2 Å². The van der Waals surface area contributed by atoms with E-state index in [4.69, 9.17) is 5.14 Å². The number of nitrogens with two attached hydrogens (primary N) is 1. The van der Waals surface area contributed by atoms with E-state index in [0.29, 0.717) is 6.54 Å². The molecular weight excluding hydrogens is 278 g/mol. The van der Waals surface area contributed by atoms with E-state index >= 15 is 0 Å². The Bertz CT molecular complexity index is 572. The molecule has 1 rings (SSSR count). The van der Waals surface area contributed by atoms with Crippen molar-refractivity contribution in [2.45, 2.75) is 24.8 Å². The Morgan fingerprint density at radius 2 is 2.10 bits per heavy atom. The molecule has 6 nitrogen and oxygen atoms in total. The Balaban J connectivity index is 2.74. The van der Waals surface area contributed by atoms with Crippen LogP contribution in [0.25, 0.3) is 0 Å². The van der Waals surface area contributed by atoms with Gasteiger partial charge >= 0.3 is 0 Å². The van der Waals surface area contributed by atoms with Gasteiger partial charge in [0.25, 0.3) is 0 Å². The average molecular weight is 299 g/mol. The maximum Gasteiger partial charge on any atom is 0.238 e. The number of amides is 1. The van der Waals surface area contributed by atoms with Crippen LogP contribution in [0.15, 0.2) is 29.2 Å². The lowest BCUT2D eigenvalue weighted by Crippen LogP contribution is -2.36. The molecule has 1 amide bonds. The number of carbonyl (C=O) groups excluding carboxylic acids is 1. The van der Waals surface area contributed by atoms with Crippen LogP contribution in [-0.2, 0) is 14.8 Å². The standard InChI is InChI=1S/C13H21N3O3S/c1-4-16(3)13(17)9-15-10(2)11-6-5-7-12(8-11)20(14,18)19/h5-8,10,15H,4,9H2,1-3H3,(H2,14,18,19). The maximum atomic E-state index is 11.7. The molecule has 0 spiro atoms. The van der Waals surface area contributed by atoms with Crippen molar-refractivity contribution in [2.24, 2.45) is 5.14 Å². The fraction of sp³-hybridized carbons (Fsp3) is 0.462. The van der Waals surface area contributed by atoms with Crippen molar-refractivity contribution in [2.75, 3.05) is 20.1 Å². The number of rotatable bonds is 6. The number of sulfonamides is 1. The van der Waals surface area contributed by atoms with Crippen molar-refractivity contribution in [1.29, 1.82) is 0 Å². The molecule has 0 aliphatic carbocycles. The van der Waals surface area contributed by atoms with Crippen molar-refractivity contribution in [1.82, 2.24) is 10.2 Å². The number of nitrogens with zero attached hydrogens (tertiary/aromatic N) is 1. The topological polar surface area (TPSA) is 92.5 Å². The highest BCUT2D eigenvalue weighted by atomic mass is 32.2. The SMILES string of the molecule is CCN(C)C(=O)CNC(C)c1cccc(S(N)(=O)=O)c1. The number of hydrogen-bond donors (Lipinski definition) is 2. The molecule has 1 atom stereocenters. The smallest absolute Gasteiger partial charge is 0.238 e. The van der Waals surface area contributed by atoms with Crippen molar-refractivity contribution < 1.29 is 13.2 Å². The van der Waals surface area contributed by atoms with Crippen molar-refractivity contribution >= 4 is 15.9 Å². The molecule has 0 bridgehead atoms. The second-order valence-electron chi connectivity index (χ2n) is 4.63. The molecule has 0 saturated carbocycles. The maximum absolute atomic E-state index is 11.7. The lowest BCUT2D eigenvalue weighted by atomic mass is 10.1. The number of hydrogen-bond acceptors (Lipinski definition) is 4. The lowest BCUT2D eigenvalue weighted by molar-refractivity contribution is -0.128.